The highest BCUT2D eigenvalue weighted by molar-refractivity contribution is 7.80. The molecule has 1 aliphatic carbocycles. The average molecular weight is 219 g/mol. The molecular weight excluding hydrogens is 211 g/mol. The van der Waals surface area contributed by atoms with Crippen molar-refractivity contribution in [1.29, 1.82) is 0 Å². The molecule has 76 valence electrons. The lowest BCUT2D eigenvalue weighted by Crippen LogP contribution is -2.10. The standard InChI is InChI=1S/C9H8F3NS/c10-9(11,12)7-3-6(14)4-13-8(7)5-1-2-5/h3-5,14H,1-2H2. The molecular formula is C9H8F3NS. The molecule has 1 aliphatic rings. The van der Waals surface area contributed by atoms with Crippen LogP contribution in [0.4, 0.5) is 13.2 Å². The number of pyridine rings is 1. The third-order valence-corrected chi connectivity index (χ3v) is 2.42. The number of rotatable bonds is 1. The Hall–Kier alpha value is -0.710. The van der Waals surface area contributed by atoms with Crippen LogP contribution in [0.3, 0.4) is 0 Å². The first kappa shape index (κ1) is 9.83. The molecule has 5 heteroatoms. The molecule has 0 aromatic carbocycles. The number of hydrogen-bond acceptors (Lipinski definition) is 2. The summed E-state index contributed by atoms with van der Waals surface area (Å²) in [6.45, 7) is 0. The van der Waals surface area contributed by atoms with Crippen molar-refractivity contribution in [3.05, 3.63) is 23.5 Å². The maximum absolute atomic E-state index is 12.5. The lowest BCUT2D eigenvalue weighted by atomic mass is 10.1. The Bertz CT molecular complexity index is 358. The van der Waals surface area contributed by atoms with Crippen molar-refractivity contribution >= 4 is 12.6 Å². The van der Waals surface area contributed by atoms with Crippen LogP contribution in [0.1, 0.15) is 30.0 Å². The van der Waals surface area contributed by atoms with Crippen LogP contribution in [0.25, 0.3) is 0 Å². The second-order valence-corrected chi connectivity index (χ2v) is 3.91. The van der Waals surface area contributed by atoms with Crippen molar-refractivity contribution in [1.82, 2.24) is 4.98 Å². The molecule has 0 atom stereocenters. The molecule has 0 aliphatic heterocycles. The zero-order chi connectivity index (χ0) is 10.3. The van der Waals surface area contributed by atoms with E-state index in [0.717, 1.165) is 18.9 Å². The van der Waals surface area contributed by atoms with Crippen LogP contribution in [0.2, 0.25) is 0 Å². The minimum absolute atomic E-state index is 0.000517. The van der Waals surface area contributed by atoms with Crippen molar-refractivity contribution < 1.29 is 13.2 Å². The maximum Gasteiger partial charge on any atom is 0.418 e. The van der Waals surface area contributed by atoms with Gasteiger partial charge in [-0.05, 0) is 18.9 Å². The fourth-order valence-electron chi connectivity index (χ4n) is 1.37. The normalized spacial score (nSPS) is 17.1. The van der Waals surface area contributed by atoms with E-state index in [-0.39, 0.29) is 16.5 Å². The second-order valence-electron chi connectivity index (χ2n) is 3.40. The van der Waals surface area contributed by atoms with Gasteiger partial charge in [-0.25, -0.2) is 0 Å². The SMILES string of the molecule is FC(F)(F)c1cc(S)cnc1C1CC1. The number of alkyl halides is 3. The van der Waals surface area contributed by atoms with Crippen LogP contribution >= 0.6 is 12.6 Å². The van der Waals surface area contributed by atoms with Crippen LogP contribution in [-0.2, 0) is 6.18 Å². The Kier molecular flexibility index (Phi) is 2.21. The van der Waals surface area contributed by atoms with Gasteiger partial charge in [-0.1, -0.05) is 0 Å². The van der Waals surface area contributed by atoms with Gasteiger partial charge in [-0.3, -0.25) is 4.98 Å². The maximum atomic E-state index is 12.5. The molecule has 0 bridgehead atoms. The number of hydrogen-bond donors (Lipinski definition) is 1. The summed E-state index contributed by atoms with van der Waals surface area (Å²) in [7, 11) is 0. The molecule has 1 heterocycles. The Morgan fingerprint density at radius 3 is 2.50 bits per heavy atom. The lowest BCUT2D eigenvalue weighted by Gasteiger charge is -2.11. The van der Waals surface area contributed by atoms with E-state index < -0.39 is 11.7 Å². The van der Waals surface area contributed by atoms with Gasteiger partial charge in [0.05, 0.1) is 11.3 Å². The molecule has 14 heavy (non-hydrogen) atoms. The molecule has 2 rings (SSSR count). The zero-order valence-corrected chi connectivity index (χ0v) is 8.07. The van der Waals surface area contributed by atoms with Gasteiger partial charge in [-0.15, -0.1) is 12.6 Å². The molecule has 0 saturated heterocycles. The minimum Gasteiger partial charge on any atom is -0.259 e. The van der Waals surface area contributed by atoms with Crippen LogP contribution in [0.15, 0.2) is 17.2 Å². The van der Waals surface area contributed by atoms with E-state index in [1.54, 1.807) is 0 Å². The van der Waals surface area contributed by atoms with Crippen molar-refractivity contribution in [3.63, 3.8) is 0 Å². The Morgan fingerprint density at radius 1 is 1.36 bits per heavy atom. The van der Waals surface area contributed by atoms with Gasteiger partial charge in [-0.2, -0.15) is 13.2 Å². The predicted molar refractivity (Wildman–Crippen MR) is 48.5 cm³/mol. The Balaban J connectivity index is 2.48. The van der Waals surface area contributed by atoms with E-state index in [2.05, 4.69) is 17.6 Å². The van der Waals surface area contributed by atoms with Crippen LogP contribution in [-0.4, -0.2) is 4.98 Å². The largest absolute Gasteiger partial charge is 0.418 e. The number of halogens is 3. The summed E-state index contributed by atoms with van der Waals surface area (Å²) in [6.07, 6.45) is -1.33. The summed E-state index contributed by atoms with van der Waals surface area (Å²) < 4.78 is 37.6. The van der Waals surface area contributed by atoms with Crippen LogP contribution in [0, 0.1) is 0 Å². The summed E-state index contributed by atoms with van der Waals surface area (Å²) in [4.78, 5) is 4.06. The highest BCUT2D eigenvalue weighted by atomic mass is 32.1. The number of nitrogens with zero attached hydrogens (tertiary/aromatic N) is 1. The summed E-state index contributed by atoms with van der Waals surface area (Å²) in [5, 5.41) is 0. The van der Waals surface area contributed by atoms with Gasteiger partial charge < -0.3 is 0 Å². The first-order valence-corrected chi connectivity index (χ1v) is 4.69. The first-order valence-electron chi connectivity index (χ1n) is 4.24. The molecule has 1 aromatic heterocycles. The molecule has 1 fully saturated rings. The van der Waals surface area contributed by atoms with Gasteiger partial charge in [0.25, 0.3) is 0 Å². The van der Waals surface area contributed by atoms with Crippen molar-refractivity contribution in [2.45, 2.75) is 29.8 Å². The Morgan fingerprint density at radius 2 is 2.00 bits per heavy atom. The molecule has 0 amide bonds. The predicted octanol–water partition coefficient (Wildman–Crippen LogP) is 3.27. The van der Waals surface area contributed by atoms with Crippen molar-refractivity contribution in [3.8, 4) is 0 Å². The van der Waals surface area contributed by atoms with E-state index in [0.29, 0.717) is 0 Å². The molecule has 0 radical (unpaired) electrons. The van der Waals surface area contributed by atoms with Gasteiger partial charge in [0.2, 0.25) is 0 Å². The Labute approximate surface area is 84.8 Å². The van der Waals surface area contributed by atoms with E-state index >= 15 is 0 Å². The second kappa shape index (κ2) is 3.15. The molecule has 0 unspecified atom stereocenters. The molecule has 1 saturated carbocycles. The average Bonchev–Trinajstić information content (AvgIpc) is 2.85. The van der Waals surface area contributed by atoms with Gasteiger partial charge in [0.1, 0.15) is 0 Å². The summed E-state index contributed by atoms with van der Waals surface area (Å²) >= 11 is 3.86. The number of thiol groups is 1. The zero-order valence-electron chi connectivity index (χ0n) is 7.17. The fraction of sp³-hybridized carbons (Fsp3) is 0.444. The van der Waals surface area contributed by atoms with Gasteiger partial charge in [0, 0.05) is 17.0 Å². The van der Waals surface area contributed by atoms with Gasteiger partial charge >= 0.3 is 6.18 Å². The first-order chi connectivity index (χ1) is 6.48. The quantitative estimate of drug-likeness (QED) is 0.715. The smallest absolute Gasteiger partial charge is 0.259 e. The van der Waals surface area contributed by atoms with E-state index in [1.165, 1.54) is 6.20 Å². The van der Waals surface area contributed by atoms with Gasteiger partial charge in [0.15, 0.2) is 0 Å². The number of aromatic nitrogens is 1. The van der Waals surface area contributed by atoms with Crippen molar-refractivity contribution in [2.75, 3.05) is 0 Å². The van der Waals surface area contributed by atoms with Crippen LogP contribution in [0.5, 0.6) is 0 Å². The minimum atomic E-state index is -4.32. The highest BCUT2D eigenvalue weighted by Crippen LogP contribution is 2.45. The molecule has 1 nitrogen and oxygen atoms in total. The summed E-state index contributed by atoms with van der Waals surface area (Å²) in [5.41, 5.74) is -0.456. The summed E-state index contributed by atoms with van der Waals surface area (Å²) in [5.74, 6) is 0.000517. The van der Waals surface area contributed by atoms with E-state index in [9.17, 15) is 13.2 Å². The van der Waals surface area contributed by atoms with Crippen molar-refractivity contribution in [2.24, 2.45) is 0 Å². The third-order valence-electron chi connectivity index (χ3n) is 2.17. The molecule has 0 spiro atoms. The monoisotopic (exact) mass is 219 g/mol. The fourth-order valence-corrected chi connectivity index (χ4v) is 1.56. The lowest BCUT2D eigenvalue weighted by molar-refractivity contribution is -0.138. The molecule has 1 aromatic rings. The topological polar surface area (TPSA) is 12.9 Å². The van der Waals surface area contributed by atoms with Crippen LogP contribution < -0.4 is 0 Å². The third kappa shape index (κ3) is 1.87. The summed E-state index contributed by atoms with van der Waals surface area (Å²) in [6, 6.07) is 1.05. The highest BCUT2D eigenvalue weighted by Gasteiger charge is 2.39. The van der Waals surface area contributed by atoms with E-state index in [1.807, 2.05) is 0 Å². The van der Waals surface area contributed by atoms with E-state index in [4.69, 9.17) is 0 Å². The molecule has 0 N–H and O–H groups in total.